The van der Waals surface area contributed by atoms with E-state index >= 15 is 0 Å². The number of anilines is 3. The highest BCUT2D eigenvalue weighted by Crippen LogP contribution is 2.45. The summed E-state index contributed by atoms with van der Waals surface area (Å²) < 4.78 is 15.3. The molecule has 3 nitrogen and oxygen atoms in total. The molecule has 0 atom stereocenters. The predicted molar refractivity (Wildman–Crippen MR) is 203 cm³/mol. The van der Waals surface area contributed by atoms with Crippen molar-refractivity contribution in [2.24, 2.45) is 0 Å². The van der Waals surface area contributed by atoms with Gasteiger partial charge in [0.25, 0.3) is 0 Å². The highest BCUT2D eigenvalue weighted by atomic mass is 32.1. The molecule has 0 N–H and O–H groups in total. The third kappa shape index (κ3) is 4.06. The predicted octanol–water partition coefficient (Wildman–Crippen LogP) is 13.6. The first-order valence-electron chi connectivity index (χ1n) is 16.3. The van der Waals surface area contributed by atoms with E-state index in [9.17, 15) is 0 Å². The van der Waals surface area contributed by atoms with Crippen molar-refractivity contribution in [3.8, 4) is 11.1 Å². The fourth-order valence-corrected chi connectivity index (χ4v) is 8.68. The average Bonchev–Trinajstić information content (AvgIpc) is 3.80. The molecule has 4 heteroatoms. The van der Waals surface area contributed by atoms with Gasteiger partial charge in [0.15, 0.2) is 5.58 Å². The van der Waals surface area contributed by atoms with Crippen LogP contribution in [0, 0.1) is 13.8 Å². The number of para-hydroxylation sites is 1. The molecular weight excluding hydrogens is 607 g/mol. The van der Waals surface area contributed by atoms with Gasteiger partial charge in [0.1, 0.15) is 16.7 Å². The fourth-order valence-electron chi connectivity index (χ4n) is 7.49. The third-order valence-electron chi connectivity index (χ3n) is 9.74. The summed E-state index contributed by atoms with van der Waals surface area (Å²) in [5.41, 5.74) is 11.9. The average molecular weight is 636 g/mol. The van der Waals surface area contributed by atoms with Crippen LogP contribution in [0.4, 0.5) is 17.1 Å². The Morgan fingerprint density at radius 3 is 1.83 bits per heavy atom. The Bertz CT molecular complexity index is 2850. The molecule has 0 aliphatic heterocycles. The Morgan fingerprint density at radius 2 is 1.06 bits per heavy atom. The molecule has 0 spiro atoms. The van der Waals surface area contributed by atoms with Crippen molar-refractivity contribution in [1.29, 1.82) is 0 Å². The maximum Gasteiger partial charge on any atom is 0.153 e. The number of aryl methyl sites for hydroxylation is 2. The minimum absolute atomic E-state index is 0.883. The highest BCUT2D eigenvalue weighted by Gasteiger charge is 2.19. The Labute approximate surface area is 280 Å². The van der Waals surface area contributed by atoms with E-state index in [1.807, 2.05) is 12.1 Å². The lowest BCUT2D eigenvalue weighted by Gasteiger charge is -2.26. The number of fused-ring (bicyclic) bond motifs is 10. The first-order chi connectivity index (χ1) is 23.6. The van der Waals surface area contributed by atoms with Crippen LogP contribution in [0.1, 0.15) is 11.1 Å². The highest BCUT2D eigenvalue weighted by molar-refractivity contribution is 7.26. The Balaban J connectivity index is 1.18. The summed E-state index contributed by atoms with van der Waals surface area (Å²) in [6, 6.07) is 49.8. The molecule has 0 radical (unpaired) electrons. The number of furan rings is 2. The zero-order valence-electron chi connectivity index (χ0n) is 26.5. The van der Waals surface area contributed by atoms with E-state index in [1.165, 1.54) is 42.4 Å². The van der Waals surface area contributed by atoms with E-state index in [4.69, 9.17) is 8.83 Å². The van der Waals surface area contributed by atoms with Crippen molar-refractivity contribution in [3.63, 3.8) is 0 Å². The van der Waals surface area contributed by atoms with Crippen LogP contribution >= 0.6 is 11.3 Å². The molecule has 3 heterocycles. The van der Waals surface area contributed by atoms with Crippen molar-refractivity contribution >= 4 is 92.4 Å². The van der Waals surface area contributed by atoms with Gasteiger partial charge in [-0.1, -0.05) is 72.8 Å². The van der Waals surface area contributed by atoms with Crippen molar-refractivity contribution in [1.82, 2.24) is 0 Å². The van der Waals surface area contributed by atoms with E-state index in [-0.39, 0.29) is 0 Å². The number of hydrogen-bond donors (Lipinski definition) is 0. The van der Waals surface area contributed by atoms with Gasteiger partial charge in [-0.25, -0.2) is 0 Å². The summed E-state index contributed by atoms with van der Waals surface area (Å²) in [6.07, 6.45) is 0. The third-order valence-corrected chi connectivity index (χ3v) is 10.9. The normalized spacial score (nSPS) is 12.0. The number of nitrogens with zero attached hydrogens (tertiary/aromatic N) is 1. The summed E-state index contributed by atoms with van der Waals surface area (Å²) in [6.45, 7) is 4.37. The number of rotatable bonds is 4. The molecule has 0 unspecified atom stereocenters. The van der Waals surface area contributed by atoms with Crippen molar-refractivity contribution in [2.45, 2.75) is 13.8 Å². The van der Waals surface area contributed by atoms with Gasteiger partial charge in [-0.15, -0.1) is 11.3 Å². The molecule has 0 amide bonds. The molecule has 3 aromatic heterocycles. The lowest BCUT2D eigenvalue weighted by molar-refractivity contribution is 0.669. The van der Waals surface area contributed by atoms with Crippen molar-refractivity contribution < 1.29 is 8.83 Å². The van der Waals surface area contributed by atoms with Gasteiger partial charge >= 0.3 is 0 Å². The molecule has 0 fully saturated rings. The van der Waals surface area contributed by atoms with Gasteiger partial charge in [0, 0.05) is 54.1 Å². The zero-order valence-corrected chi connectivity index (χ0v) is 27.3. The van der Waals surface area contributed by atoms with Gasteiger partial charge < -0.3 is 13.7 Å². The maximum atomic E-state index is 6.60. The topological polar surface area (TPSA) is 29.5 Å². The van der Waals surface area contributed by atoms with Crippen molar-refractivity contribution in [2.75, 3.05) is 4.90 Å². The van der Waals surface area contributed by atoms with Gasteiger partial charge in [-0.3, -0.25) is 0 Å². The standard InChI is InChI=1S/C44H29NO2S/c1-26-8-7-9-27(2)42(26)28-14-16-29(17-15-28)45(30-18-22-39-36(24-30)32-10-3-5-12-38(32)46-39)31-19-23-40-37(25-31)34-20-21-35-33-11-4-6-13-41(33)48-44(35)43(34)47-40/h3-25H,1-2H3. The molecule has 0 saturated heterocycles. The molecule has 7 aromatic carbocycles. The van der Waals surface area contributed by atoms with Crippen LogP contribution in [0.2, 0.25) is 0 Å². The Morgan fingerprint density at radius 1 is 0.458 bits per heavy atom. The molecular formula is C44H29NO2S. The van der Waals surface area contributed by atoms with E-state index in [1.54, 1.807) is 11.3 Å². The van der Waals surface area contributed by atoms with E-state index in [0.29, 0.717) is 0 Å². The van der Waals surface area contributed by atoms with Crippen LogP contribution in [0.5, 0.6) is 0 Å². The maximum absolute atomic E-state index is 6.60. The summed E-state index contributed by atoms with van der Waals surface area (Å²) in [4.78, 5) is 2.34. The van der Waals surface area contributed by atoms with Crippen LogP contribution in [0.25, 0.3) is 75.2 Å². The second kappa shape index (κ2) is 10.3. The summed E-state index contributed by atoms with van der Waals surface area (Å²) in [5.74, 6) is 0. The first-order valence-corrected chi connectivity index (χ1v) is 17.1. The van der Waals surface area contributed by atoms with Gasteiger partial charge in [-0.05, 0) is 103 Å². The molecule has 10 aromatic rings. The number of benzene rings is 7. The smallest absolute Gasteiger partial charge is 0.153 e. The largest absolute Gasteiger partial charge is 0.456 e. The molecule has 0 aliphatic rings. The second-order valence-electron chi connectivity index (χ2n) is 12.6. The summed E-state index contributed by atoms with van der Waals surface area (Å²) in [5, 5.41) is 6.97. The number of hydrogen-bond acceptors (Lipinski definition) is 4. The molecule has 0 aliphatic carbocycles. The van der Waals surface area contributed by atoms with Gasteiger partial charge in [-0.2, -0.15) is 0 Å². The van der Waals surface area contributed by atoms with Gasteiger partial charge in [0.2, 0.25) is 0 Å². The van der Waals surface area contributed by atoms with Crippen LogP contribution < -0.4 is 4.90 Å². The SMILES string of the molecule is Cc1cccc(C)c1-c1ccc(N(c2ccc3oc4ccccc4c3c2)c2ccc3oc4c(ccc5c6ccccc6sc54)c3c2)cc1. The van der Waals surface area contributed by atoms with Crippen LogP contribution in [-0.4, -0.2) is 0 Å². The zero-order chi connectivity index (χ0) is 31.9. The van der Waals surface area contributed by atoms with E-state index in [0.717, 1.165) is 60.9 Å². The molecule has 10 rings (SSSR count). The Kier molecular flexibility index (Phi) is 5.87. The molecule has 0 bridgehead atoms. The van der Waals surface area contributed by atoms with Crippen LogP contribution in [-0.2, 0) is 0 Å². The summed E-state index contributed by atoms with van der Waals surface area (Å²) in [7, 11) is 0. The van der Waals surface area contributed by atoms with Crippen LogP contribution in [0.3, 0.4) is 0 Å². The second-order valence-corrected chi connectivity index (χ2v) is 13.7. The molecule has 0 saturated carbocycles. The summed E-state index contributed by atoms with van der Waals surface area (Å²) >= 11 is 1.80. The molecule has 48 heavy (non-hydrogen) atoms. The van der Waals surface area contributed by atoms with Gasteiger partial charge in [0.05, 0.1) is 4.70 Å². The minimum Gasteiger partial charge on any atom is -0.456 e. The van der Waals surface area contributed by atoms with E-state index in [2.05, 4.69) is 146 Å². The Hall–Kier alpha value is -5.84. The molecule has 228 valence electrons. The van der Waals surface area contributed by atoms with E-state index < -0.39 is 0 Å². The lowest BCUT2D eigenvalue weighted by Crippen LogP contribution is -2.09. The fraction of sp³-hybridized carbons (Fsp3) is 0.0455. The quantitative estimate of drug-likeness (QED) is 0.193. The minimum atomic E-state index is 0.883. The van der Waals surface area contributed by atoms with Crippen molar-refractivity contribution in [3.05, 3.63) is 151 Å². The number of thiophene rings is 1. The lowest BCUT2D eigenvalue weighted by atomic mass is 9.95. The first kappa shape index (κ1) is 27.3. The monoisotopic (exact) mass is 635 g/mol. The van der Waals surface area contributed by atoms with Crippen LogP contribution in [0.15, 0.2) is 148 Å².